The standard InChI is InChI=1S/C22H16ClN3OS/c23-18-8-10-19(11-9-18)25-22-26(24-14-16-6-12-20(27)13-7-16)21(15-28-22)17-4-2-1-3-5-17/h1-15,27H. The number of benzene rings is 3. The van der Waals surface area contributed by atoms with Gasteiger partial charge in [-0.05, 0) is 54.1 Å². The summed E-state index contributed by atoms with van der Waals surface area (Å²) in [6.07, 6.45) is 1.75. The summed E-state index contributed by atoms with van der Waals surface area (Å²) in [7, 11) is 0. The monoisotopic (exact) mass is 405 g/mol. The maximum atomic E-state index is 9.46. The number of halogens is 1. The molecule has 0 aliphatic heterocycles. The Morgan fingerprint density at radius 3 is 2.32 bits per heavy atom. The fraction of sp³-hybridized carbons (Fsp3) is 0. The van der Waals surface area contributed by atoms with Crippen LogP contribution in [-0.2, 0) is 0 Å². The third kappa shape index (κ3) is 4.22. The quantitative estimate of drug-likeness (QED) is 0.435. The highest BCUT2D eigenvalue weighted by Crippen LogP contribution is 2.21. The predicted molar refractivity (Wildman–Crippen MR) is 116 cm³/mol. The number of rotatable bonds is 4. The van der Waals surface area contributed by atoms with Gasteiger partial charge in [-0.1, -0.05) is 41.9 Å². The van der Waals surface area contributed by atoms with Crippen molar-refractivity contribution >= 4 is 34.8 Å². The van der Waals surface area contributed by atoms with Gasteiger partial charge in [0.25, 0.3) is 0 Å². The van der Waals surface area contributed by atoms with Crippen LogP contribution >= 0.6 is 22.9 Å². The smallest absolute Gasteiger partial charge is 0.211 e. The molecule has 0 saturated heterocycles. The first-order chi connectivity index (χ1) is 13.7. The Labute approximate surface area is 171 Å². The molecule has 1 aromatic heterocycles. The minimum Gasteiger partial charge on any atom is -0.508 e. The number of phenols is 1. The third-order valence-electron chi connectivity index (χ3n) is 4.02. The highest BCUT2D eigenvalue weighted by Gasteiger charge is 2.07. The normalized spacial score (nSPS) is 12.0. The second-order valence-electron chi connectivity index (χ2n) is 6.01. The number of aromatic nitrogens is 1. The maximum Gasteiger partial charge on any atom is 0.211 e. The Morgan fingerprint density at radius 1 is 0.893 bits per heavy atom. The van der Waals surface area contributed by atoms with Crippen molar-refractivity contribution in [2.24, 2.45) is 10.1 Å². The van der Waals surface area contributed by atoms with E-state index in [4.69, 9.17) is 16.6 Å². The molecule has 6 heteroatoms. The molecule has 0 bridgehead atoms. The Hall–Kier alpha value is -3.15. The highest BCUT2D eigenvalue weighted by atomic mass is 35.5. The van der Waals surface area contributed by atoms with Crippen LogP contribution in [0, 0.1) is 0 Å². The van der Waals surface area contributed by atoms with Gasteiger partial charge in [0.1, 0.15) is 5.75 Å². The molecule has 0 amide bonds. The minimum absolute atomic E-state index is 0.226. The molecule has 4 aromatic rings. The zero-order chi connectivity index (χ0) is 19.3. The molecule has 138 valence electrons. The number of aromatic hydroxyl groups is 1. The molecular weight excluding hydrogens is 390 g/mol. The molecule has 0 aliphatic rings. The second-order valence-corrected chi connectivity index (χ2v) is 7.28. The molecule has 0 saturated carbocycles. The van der Waals surface area contributed by atoms with Crippen LogP contribution in [0.15, 0.2) is 94.3 Å². The number of hydrogen-bond acceptors (Lipinski definition) is 4. The second kappa shape index (κ2) is 8.25. The third-order valence-corrected chi connectivity index (χ3v) is 5.09. The lowest BCUT2D eigenvalue weighted by Gasteiger charge is -2.03. The van der Waals surface area contributed by atoms with Crippen molar-refractivity contribution in [1.29, 1.82) is 0 Å². The lowest BCUT2D eigenvalue weighted by molar-refractivity contribution is 0.475. The molecule has 0 atom stereocenters. The van der Waals surface area contributed by atoms with Crippen molar-refractivity contribution in [3.8, 4) is 17.0 Å². The summed E-state index contributed by atoms with van der Waals surface area (Å²) in [6.45, 7) is 0. The topological polar surface area (TPSA) is 49.9 Å². The van der Waals surface area contributed by atoms with E-state index in [9.17, 15) is 5.11 Å². The van der Waals surface area contributed by atoms with Crippen molar-refractivity contribution < 1.29 is 5.11 Å². The molecule has 0 aliphatic carbocycles. The summed E-state index contributed by atoms with van der Waals surface area (Å²) >= 11 is 7.49. The largest absolute Gasteiger partial charge is 0.508 e. The number of thiazole rings is 1. The first-order valence-corrected chi connectivity index (χ1v) is 9.84. The first-order valence-electron chi connectivity index (χ1n) is 8.59. The van der Waals surface area contributed by atoms with Crippen LogP contribution in [0.2, 0.25) is 5.02 Å². The van der Waals surface area contributed by atoms with Crippen molar-refractivity contribution in [3.63, 3.8) is 0 Å². The molecule has 0 spiro atoms. The number of nitrogens with zero attached hydrogens (tertiary/aromatic N) is 3. The van der Waals surface area contributed by atoms with E-state index < -0.39 is 0 Å². The molecule has 4 rings (SSSR count). The van der Waals surface area contributed by atoms with Gasteiger partial charge < -0.3 is 5.11 Å². The Morgan fingerprint density at radius 2 is 1.61 bits per heavy atom. The fourth-order valence-corrected chi connectivity index (χ4v) is 3.59. The molecule has 0 unspecified atom stereocenters. The molecule has 0 fully saturated rings. The van der Waals surface area contributed by atoms with E-state index in [1.165, 1.54) is 11.3 Å². The van der Waals surface area contributed by atoms with Gasteiger partial charge in [0.2, 0.25) is 4.80 Å². The van der Waals surface area contributed by atoms with E-state index in [-0.39, 0.29) is 5.75 Å². The van der Waals surface area contributed by atoms with Crippen LogP contribution < -0.4 is 4.80 Å². The van der Waals surface area contributed by atoms with Gasteiger partial charge in [-0.2, -0.15) is 5.10 Å². The van der Waals surface area contributed by atoms with Gasteiger partial charge in [-0.3, -0.25) is 0 Å². The van der Waals surface area contributed by atoms with Crippen molar-refractivity contribution in [2.45, 2.75) is 0 Å². The SMILES string of the molecule is Oc1ccc(C=Nn2c(-c3ccccc3)csc2=Nc2ccc(Cl)cc2)cc1. The fourth-order valence-electron chi connectivity index (χ4n) is 2.61. The van der Waals surface area contributed by atoms with Gasteiger partial charge in [0.05, 0.1) is 17.6 Å². The average Bonchev–Trinajstić information content (AvgIpc) is 3.12. The number of phenolic OH excluding ortho intramolecular Hbond substituents is 1. The van der Waals surface area contributed by atoms with Gasteiger partial charge in [0, 0.05) is 16.0 Å². The molecule has 1 heterocycles. The predicted octanol–water partition coefficient (Wildman–Crippen LogP) is 5.69. The van der Waals surface area contributed by atoms with Crippen LogP contribution in [0.3, 0.4) is 0 Å². The summed E-state index contributed by atoms with van der Waals surface area (Å²) in [5, 5.41) is 16.8. The van der Waals surface area contributed by atoms with Crippen LogP contribution in [0.25, 0.3) is 11.3 Å². The van der Waals surface area contributed by atoms with E-state index in [0.717, 1.165) is 27.3 Å². The van der Waals surface area contributed by atoms with Crippen LogP contribution in [-0.4, -0.2) is 16.0 Å². The zero-order valence-electron chi connectivity index (χ0n) is 14.7. The van der Waals surface area contributed by atoms with Crippen molar-refractivity contribution in [3.05, 3.63) is 99.6 Å². The molecule has 3 aromatic carbocycles. The van der Waals surface area contributed by atoms with E-state index in [1.54, 1.807) is 18.3 Å². The summed E-state index contributed by atoms with van der Waals surface area (Å²) in [5.74, 6) is 0.226. The molecule has 1 N–H and O–H groups in total. The summed E-state index contributed by atoms with van der Waals surface area (Å²) < 4.78 is 1.82. The molecular formula is C22H16ClN3OS. The lowest BCUT2D eigenvalue weighted by Crippen LogP contribution is -2.11. The molecule has 28 heavy (non-hydrogen) atoms. The van der Waals surface area contributed by atoms with Gasteiger partial charge in [0.15, 0.2) is 0 Å². The molecule has 4 nitrogen and oxygen atoms in total. The van der Waals surface area contributed by atoms with Gasteiger partial charge >= 0.3 is 0 Å². The van der Waals surface area contributed by atoms with Crippen LogP contribution in [0.4, 0.5) is 5.69 Å². The average molecular weight is 406 g/mol. The van der Waals surface area contributed by atoms with Crippen LogP contribution in [0.5, 0.6) is 5.75 Å². The van der Waals surface area contributed by atoms with Crippen LogP contribution in [0.1, 0.15) is 5.56 Å². The van der Waals surface area contributed by atoms with Gasteiger partial charge in [-0.15, -0.1) is 11.3 Å². The Bertz CT molecular complexity index is 1160. The molecule has 0 radical (unpaired) electrons. The van der Waals surface area contributed by atoms with E-state index in [1.807, 2.05) is 76.8 Å². The summed E-state index contributed by atoms with van der Waals surface area (Å²) in [4.78, 5) is 5.47. The number of hydrogen-bond donors (Lipinski definition) is 1. The summed E-state index contributed by atoms with van der Waals surface area (Å²) in [5.41, 5.74) is 3.69. The Balaban J connectivity index is 1.81. The van der Waals surface area contributed by atoms with Crippen molar-refractivity contribution in [2.75, 3.05) is 0 Å². The summed E-state index contributed by atoms with van der Waals surface area (Å²) in [6, 6.07) is 24.3. The van der Waals surface area contributed by atoms with E-state index in [0.29, 0.717) is 5.02 Å². The van der Waals surface area contributed by atoms with Gasteiger partial charge in [-0.25, -0.2) is 9.67 Å². The maximum absolute atomic E-state index is 9.46. The first kappa shape index (κ1) is 18.2. The Kier molecular flexibility index (Phi) is 5.37. The minimum atomic E-state index is 0.226. The van der Waals surface area contributed by atoms with E-state index in [2.05, 4.69) is 5.10 Å². The van der Waals surface area contributed by atoms with E-state index >= 15 is 0 Å². The van der Waals surface area contributed by atoms with Crippen molar-refractivity contribution in [1.82, 2.24) is 4.68 Å². The zero-order valence-corrected chi connectivity index (χ0v) is 16.3. The highest BCUT2D eigenvalue weighted by molar-refractivity contribution is 7.07. The lowest BCUT2D eigenvalue weighted by atomic mass is 10.2.